The number of piperidine rings is 1. The van der Waals surface area contributed by atoms with Crippen LogP contribution in [0.5, 0.6) is 0 Å². The maximum absolute atomic E-state index is 12.6. The molecule has 0 aliphatic carbocycles. The molecule has 0 saturated carbocycles. The van der Waals surface area contributed by atoms with E-state index in [-0.39, 0.29) is 37.4 Å². The predicted molar refractivity (Wildman–Crippen MR) is 107 cm³/mol. The maximum Gasteiger partial charge on any atom is 0.410 e. The van der Waals surface area contributed by atoms with Crippen LogP contribution in [0, 0.1) is 5.92 Å². The highest BCUT2D eigenvalue weighted by Gasteiger charge is 2.45. The fourth-order valence-corrected chi connectivity index (χ4v) is 4.16. The first kappa shape index (κ1) is 24.0. The Kier molecular flexibility index (Phi) is 8.09. The van der Waals surface area contributed by atoms with Crippen molar-refractivity contribution in [2.45, 2.75) is 77.5 Å². The summed E-state index contributed by atoms with van der Waals surface area (Å²) >= 11 is 0. The Morgan fingerprint density at radius 2 is 1.77 bits per heavy atom. The molecule has 2 heterocycles. The van der Waals surface area contributed by atoms with Crippen molar-refractivity contribution in [3.05, 3.63) is 0 Å². The first-order valence-electron chi connectivity index (χ1n) is 10.6. The number of rotatable bonds is 6. The van der Waals surface area contributed by atoms with Gasteiger partial charge in [-0.05, 0) is 52.9 Å². The number of ether oxygens (including phenoxy) is 3. The van der Waals surface area contributed by atoms with Gasteiger partial charge in [0.2, 0.25) is 5.91 Å². The molecule has 0 aromatic rings. The molecule has 0 radical (unpaired) electrons. The van der Waals surface area contributed by atoms with Gasteiger partial charge in [-0.3, -0.25) is 9.59 Å². The standard InChI is InChI=1S/C21H34N2O7/c1-6-29-18(25)13-16(23-15(19(26)28-5)7-8-17(23)24)14-9-11-22(12-10-14)20(27)30-21(2,3)4/h14-16H,6-13H2,1-5H3. The van der Waals surface area contributed by atoms with E-state index >= 15 is 0 Å². The molecule has 9 heteroatoms. The molecule has 2 rings (SSSR count). The van der Waals surface area contributed by atoms with Crippen molar-refractivity contribution in [1.82, 2.24) is 9.80 Å². The van der Waals surface area contributed by atoms with Crippen molar-refractivity contribution < 1.29 is 33.4 Å². The van der Waals surface area contributed by atoms with Crippen LogP contribution < -0.4 is 0 Å². The minimum Gasteiger partial charge on any atom is -0.467 e. The van der Waals surface area contributed by atoms with Gasteiger partial charge in [0.1, 0.15) is 11.6 Å². The van der Waals surface area contributed by atoms with E-state index in [0.717, 1.165) is 0 Å². The SMILES string of the molecule is CCOC(=O)CC(C1CCN(C(=O)OC(C)(C)C)CC1)N1C(=O)CCC1C(=O)OC. The zero-order valence-electron chi connectivity index (χ0n) is 18.6. The van der Waals surface area contributed by atoms with Crippen LogP contribution in [0.4, 0.5) is 4.79 Å². The van der Waals surface area contributed by atoms with Crippen LogP contribution in [0.1, 0.15) is 59.8 Å². The first-order chi connectivity index (χ1) is 14.1. The molecule has 2 unspecified atom stereocenters. The number of likely N-dealkylation sites (tertiary alicyclic amines) is 2. The van der Waals surface area contributed by atoms with Gasteiger partial charge in [-0.15, -0.1) is 0 Å². The minimum atomic E-state index is -0.689. The summed E-state index contributed by atoms with van der Waals surface area (Å²) in [4.78, 5) is 52.7. The Morgan fingerprint density at radius 3 is 2.30 bits per heavy atom. The van der Waals surface area contributed by atoms with E-state index in [1.165, 1.54) is 12.0 Å². The van der Waals surface area contributed by atoms with Crippen molar-refractivity contribution >= 4 is 23.9 Å². The molecule has 0 aromatic carbocycles. The molecule has 2 aliphatic heterocycles. The summed E-state index contributed by atoms with van der Waals surface area (Å²) in [6.07, 6.45) is 1.47. The average molecular weight is 427 g/mol. The van der Waals surface area contributed by atoms with Gasteiger partial charge in [-0.25, -0.2) is 9.59 Å². The first-order valence-corrected chi connectivity index (χ1v) is 10.6. The Morgan fingerprint density at radius 1 is 1.13 bits per heavy atom. The number of carbonyl (C=O) groups excluding carboxylic acids is 4. The van der Waals surface area contributed by atoms with Crippen LogP contribution in [-0.2, 0) is 28.6 Å². The fraction of sp³-hybridized carbons (Fsp3) is 0.810. The summed E-state index contributed by atoms with van der Waals surface area (Å²) in [6, 6.07) is -1.16. The van der Waals surface area contributed by atoms with Crippen LogP contribution in [0.3, 0.4) is 0 Å². The minimum absolute atomic E-state index is 0.0180. The smallest absolute Gasteiger partial charge is 0.410 e. The fourth-order valence-electron chi connectivity index (χ4n) is 4.16. The van der Waals surface area contributed by atoms with E-state index in [1.807, 2.05) is 20.8 Å². The zero-order chi connectivity index (χ0) is 22.5. The second-order valence-corrected chi connectivity index (χ2v) is 8.76. The van der Waals surface area contributed by atoms with Gasteiger partial charge in [-0.2, -0.15) is 0 Å². The van der Waals surface area contributed by atoms with E-state index in [2.05, 4.69) is 0 Å². The maximum atomic E-state index is 12.6. The van der Waals surface area contributed by atoms with Crippen molar-refractivity contribution in [3.8, 4) is 0 Å². The predicted octanol–water partition coefficient (Wildman–Crippen LogP) is 2.12. The molecule has 0 bridgehead atoms. The molecular weight excluding hydrogens is 392 g/mol. The third-order valence-electron chi connectivity index (χ3n) is 5.50. The van der Waals surface area contributed by atoms with Gasteiger partial charge in [-0.1, -0.05) is 0 Å². The Labute approximate surface area is 178 Å². The second-order valence-electron chi connectivity index (χ2n) is 8.76. The van der Waals surface area contributed by atoms with Crippen LogP contribution in [0.15, 0.2) is 0 Å². The van der Waals surface area contributed by atoms with Gasteiger partial charge in [0.25, 0.3) is 0 Å². The second kappa shape index (κ2) is 10.1. The van der Waals surface area contributed by atoms with Gasteiger partial charge in [0.15, 0.2) is 0 Å². The van der Waals surface area contributed by atoms with Crippen LogP contribution in [0.2, 0.25) is 0 Å². The lowest BCUT2D eigenvalue weighted by atomic mass is 9.86. The highest BCUT2D eigenvalue weighted by atomic mass is 16.6. The summed E-state index contributed by atoms with van der Waals surface area (Å²) in [5.41, 5.74) is -0.573. The van der Waals surface area contributed by atoms with Crippen molar-refractivity contribution in [3.63, 3.8) is 0 Å². The number of hydrogen-bond acceptors (Lipinski definition) is 7. The number of nitrogens with zero attached hydrogens (tertiary/aromatic N) is 2. The lowest BCUT2D eigenvalue weighted by molar-refractivity contribution is -0.155. The third kappa shape index (κ3) is 6.09. The average Bonchev–Trinajstić information content (AvgIpc) is 3.06. The Hall–Kier alpha value is -2.32. The molecule has 0 N–H and O–H groups in total. The van der Waals surface area contributed by atoms with E-state index in [1.54, 1.807) is 11.8 Å². The normalized spacial score (nSPS) is 21.4. The number of hydrogen-bond donors (Lipinski definition) is 0. The number of methoxy groups -OCH3 is 1. The molecule has 2 saturated heterocycles. The van der Waals surface area contributed by atoms with E-state index < -0.39 is 29.6 Å². The Bertz CT molecular complexity index is 650. The summed E-state index contributed by atoms with van der Waals surface area (Å²) in [7, 11) is 1.29. The number of carbonyl (C=O) groups is 4. The molecule has 30 heavy (non-hydrogen) atoms. The van der Waals surface area contributed by atoms with Gasteiger partial charge < -0.3 is 24.0 Å². The van der Waals surface area contributed by atoms with Gasteiger partial charge >= 0.3 is 18.0 Å². The third-order valence-corrected chi connectivity index (χ3v) is 5.50. The van der Waals surface area contributed by atoms with Crippen LogP contribution in [0.25, 0.3) is 0 Å². The molecule has 2 atom stereocenters. The van der Waals surface area contributed by atoms with Gasteiger partial charge in [0, 0.05) is 25.6 Å². The van der Waals surface area contributed by atoms with Crippen LogP contribution >= 0.6 is 0 Å². The topological polar surface area (TPSA) is 102 Å². The van der Waals surface area contributed by atoms with Crippen molar-refractivity contribution in [2.75, 3.05) is 26.8 Å². The van der Waals surface area contributed by atoms with Crippen molar-refractivity contribution in [1.29, 1.82) is 0 Å². The number of amides is 2. The van der Waals surface area contributed by atoms with Crippen LogP contribution in [-0.4, -0.2) is 78.2 Å². The molecule has 9 nitrogen and oxygen atoms in total. The van der Waals surface area contributed by atoms with E-state index in [4.69, 9.17) is 14.2 Å². The highest BCUT2D eigenvalue weighted by Crippen LogP contribution is 2.33. The largest absolute Gasteiger partial charge is 0.467 e. The highest BCUT2D eigenvalue weighted by molar-refractivity contribution is 5.89. The molecule has 0 aromatic heterocycles. The summed E-state index contributed by atoms with van der Waals surface area (Å²) in [5.74, 6) is -1.07. The Balaban J connectivity index is 2.14. The number of esters is 2. The molecular formula is C21H34N2O7. The quantitative estimate of drug-likeness (QED) is 0.473. The van der Waals surface area contributed by atoms with Gasteiger partial charge in [0.05, 0.1) is 20.1 Å². The summed E-state index contributed by atoms with van der Waals surface area (Å²) in [6.45, 7) is 8.35. The summed E-state index contributed by atoms with van der Waals surface area (Å²) < 4.78 is 15.4. The molecule has 2 amide bonds. The molecule has 2 aliphatic rings. The lowest BCUT2D eigenvalue weighted by Gasteiger charge is -2.41. The van der Waals surface area contributed by atoms with E-state index in [9.17, 15) is 19.2 Å². The van der Waals surface area contributed by atoms with E-state index in [0.29, 0.717) is 32.4 Å². The van der Waals surface area contributed by atoms with Crippen molar-refractivity contribution in [2.24, 2.45) is 5.92 Å². The molecule has 0 spiro atoms. The molecule has 2 fully saturated rings. The lowest BCUT2D eigenvalue weighted by Crippen LogP contribution is -2.53. The molecule has 170 valence electrons. The zero-order valence-corrected chi connectivity index (χ0v) is 18.6. The summed E-state index contributed by atoms with van der Waals surface area (Å²) in [5, 5.41) is 0. The monoisotopic (exact) mass is 426 g/mol.